The van der Waals surface area contributed by atoms with Crippen LogP contribution in [0, 0.1) is 0 Å². The van der Waals surface area contributed by atoms with Crippen molar-refractivity contribution in [1.29, 1.82) is 0 Å². The van der Waals surface area contributed by atoms with E-state index in [1.807, 2.05) is 70.1 Å². The summed E-state index contributed by atoms with van der Waals surface area (Å²) in [5.41, 5.74) is 7.12. The van der Waals surface area contributed by atoms with E-state index in [1.165, 1.54) is 0 Å². The highest BCUT2D eigenvalue weighted by atomic mass is 32.2. The Morgan fingerprint density at radius 2 is 2.14 bits per heavy atom. The number of hydrogen-bond acceptors (Lipinski definition) is 7. The number of carbonyl (C=O) groups is 1. The van der Waals surface area contributed by atoms with Crippen molar-refractivity contribution in [3.8, 4) is 11.1 Å². The molecule has 4 rings (SSSR count). The Morgan fingerprint density at radius 3 is 2.86 bits per heavy atom. The minimum Gasteiger partial charge on any atom is -0.386 e. The van der Waals surface area contributed by atoms with Gasteiger partial charge < -0.3 is 5.32 Å². The van der Waals surface area contributed by atoms with Crippen LogP contribution in [-0.2, 0) is 7.05 Å². The lowest BCUT2D eigenvalue weighted by molar-refractivity contribution is 0.103. The molecule has 0 saturated carbocycles. The van der Waals surface area contributed by atoms with E-state index in [2.05, 4.69) is 37.8 Å². The van der Waals surface area contributed by atoms with Gasteiger partial charge in [0.2, 0.25) is 0 Å². The number of allylic oxidation sites excluding steroid dienone is 6. The smallest absolute Gasteiger partial charge is 0.191 e. The normalized spacial score (nSPS) is 18.4. The molecule has 194 valence electrons. The van der Waals surface area contributed by atoms with E-state index in [0.717, 1.165) is 65.9 Å². The highest BCUT2D eigenvalue weighted by Gasteiger charge is 2.18. The van der Waals surface area contributed by atoms with Crippen molar-refractivity contribution in [2.45, 2.75) is 33.1 Å². The number of hydrogen-bond donors (Lipinski definition) is 2. The number of carbonyl (C=O) groups excluding carboxylic acids is 1. The number of nitrogens with zero attached hydrogens (tertiary/aromatic N) is 4. The lowest BCUT2D eigenvalue weighted by Gasteiger charge is -2.09. The Balaban J connectivity index is 0.000000289. The SMILES string of the molecule is C=C(C)/C=C\C1=C(/C)C(=O)c2cc(-c3cnn(C)c3)cnc2/C=C\CC1.CSNCC1=CN=CCCN1. The second kappa shape index (κ2) is 14.3. The zero-order valence-electron chi connectivity index (χ0n) is 22.1. The van der Waals surface area contributed by atoms with Gasteiger partial charge in [0.1, 0.15) is 0 Å². The summed E-state index contributed by atoms with van der Waals surface area (Å²) in [6.45, 7) is 9.59. The van der Waals surface area contributed by atoms with Gasteiger partial charge in [-0.1, -0.05) is 42.3 Å². The van der Waals surface area contributed by atoms with Crippen LogP contribution < -0.4 is 10.0 Å². The number of aryl methyl sites for hydroxylation is 1. The molecule has 0 bridgehead atoms. The van der Waals surface area contributed by atoms with E-state index in [4.69, 9.17) is 0 Å². The molecule has 2 aliphatic rings. The van der Waals surface area contributed by atoms with Crippen LogP contribution in [0.1, 0.15) is 49.2 Å². The fourth-order valence-electron chi connectivity index (χ4n) is 3.76. The molecule has 0 spiro atoms. The van der Waals surface area contributed by atoms with Crippen LogP contribution in [0.25, 0.3) is 17.2 Å². The topological polar surface area (TPSA) is 84.2 Å². The zero-order valence-corrected chi connectivity index (χ0v) is 22.9. The first-order valence-corrected chi connectivity index (χ1v) is 13.6. The first kappa shape index (κ1) is 28.1. The summed E-state index contributed by atoms with van der Waals surface area (Å²) >= 11 is 1.62. The second-order valence-electron chi connectivity index (χ2n) is 8.89. The minimum atomic E-state index is 0.0196. The first-order chi connectivity index (χ1) is 17.9. The Hall–Kier alpha value is -3.49. The van der Waals surface area contributed by atoms with Gasteiger partial charge in [0, 0.05) is 72.9 Å². The van der Waals surface area contributed by atoms with Crippen molar-refractivity contribution in [2.24, 2.45) is 12.0 Å². The van der Waals surface area contributed by atoms with Gasteiger partial charge in [-0.15, -0.1) is 0 Å². The number of rotatable bonds is 6. The van der Waals surface area contributed by atoms with E-state index < -0.39 is 0 Å². The number of nitrogens with one attached hydrogen (secondary N) is 2. The third-order valence-corrected chi connectivity index (χ3v) is 6.25. The van der Waals surface area contributed by atoms with Crippen molar-refractivity contribution in [3.63, 3.8) is 0 Å². The molecule has 37 heavy (non-hydrogen) atoms. The monoisotopic (exact) mass is 516 g/mol. The van der Waals surface area contributed by atoms with E-state index in [1.54, 1.807) is 29.0 Å². The summed E-state index contributed by atoms with van der Waals surface area (Å²) in [6.07, 6.45) is 22.0. The maximum absolute atomic E-state index is 13.2. The number of aliphatic imine (C=N–C) groups is 1. The van der Waals surface area contributed by atoms with Crippen LogP contribution in [0.2, 0.25) is 0 Å². The van der Waals surface area contributed by atoms with Gasteiger partial charge in [-0.3, -0.25) is 24.2 Å². The average molecular weight is 517 g/mol. The molecule has 2 N–H and O–H groups in total. The summed E-state index contributed by atoms with van der Waals surface area (Å²) in [4.78, 5) is 21.8. The number of pyridine rings is 1. The number of fused-ring (bicyclic) bond motifs is 1. The van der Waals surface area contributed by atoms with E-state index in [9.17, 15) is 4.79 Å². The van der Waals surface area contributed by atoms with Gasteiger partial charge in [0.25, 0.3) is 0 Å². The highest BCUT2D eigenvalue weighted by molar-refractivity contribution is 7.96. The Labute approximate surface area is 224 Å². The molecule has 0 radical (unpaired) electrons. The fraction of sp³-hybridized carbons (Fsp3) is 0.310. The van der Waals surface area contributed by atoms with Gasteiger partial charge in [-0.05, 0) is 57.1 Å². The number of aromatic nitrogens is 3. The first-order valence-electron chi connectivity index (χ1n) is 12.3. The molecular formula is C29H36N6OS. The van der Waals surface area contributed by atoms with Crippen molar-refractivity contribution in [2.75, 3.05) is 19.3 Å². The Kier molecular flexibility index (Phi) is 10.9. The minimum absolute atomic E-state index is 0.0196. The molecule has 0 amide bonds. The van der Waals surface area contributed by atoms with Crippen molar-refractivity contribution >= 4 is 30.0 Å². The summed E-state index contributed by atoms with van der Waals surface area (Å²) in [6, 6.07) is 1.92. The molecule has 0 fully saturated rings. The van der Waals surface area contributed by atoms with Crippen molar-refractivity contribution < 1.29 is 4.79 Å². The van der Waals surface area contributed by atoms with Crippen LogP contribution in [-0.4, -0.2) is 46.1 Å². The summed E-state index contributed by atoms with van der Waals surface area (Å²) < 4.78 is 4.90. The zero-order chi connectivity index (χ0) is 26.6. The highest BCUT2D eigenvalue weighted by Crippen LogP contribution is 2.26. The maximum Gasteiger partial charge on any atom is 0.191 e. The van der Waals surface area contributed by atoms with Gasteiger partial charge in [-0.25, -0.2) is 0 Å². The summed E-state index contributed by atoms with van der Waals surface area (Å²) in [5.74, 6) is 0.0196. The van der Waals surface area contributed by atoms with Crippen LogP contribution >= 0.6 is 11.9 Å². The standard InChI is InChI=1S/C22H23N3O.C7H13N3S/c1-15(2)9-10-17-7-5-6-8-21-20(22(26)16(17)3)11-18(12-23-21)19-13-24-25(4)14-19;1-11-10-6-7-5-8-3-2-4-9-7/h6,8-14H,1,5,7H2,2-4H3;3,5,9-10H,2,4,6H2,1H3/b8-6-,10-9-,17-16+;. The lowest BCUT2D eigenvalue weighted by atomic mass is 9.95. The van der Waals surface area contributed by atoms with Gasteiger partial charge in [-0.2, -0.15) is 5.10 Å². The molecule has 0 unspecified atom stereocenters. The van der Waals surface area contributed by atoms with Crippen LogP contribution in [0.4, 0.5) is 0 Å². The van der Waals surface area contributed by atoms with Crippen molar-refractivity contribution in [3.05, 3.63) is 89.3 Å². The molecule has 0 saturated heterocycles. The van der Waals surface area contributed by atoms with E-state index in [-0.39, 0.29) is 5.78 Å². The number of ketones is 1. The van der Waals surface area contributed by atoms with Gasteiger partial charge in [0.05, 0.1) is 11.9 Å². The third kappa shape index (κ3) is 8.55. The molecule has 1 aliphatic heterocycles. The molecule has 3 heterocycles. The lowest BCUT2D eigenvalue weighted by Crippen LogP contribution is -2.21. The molecular weight excluding hydrogens is 480 g/mol. The summed E-state index contributed by atoms with van der Waals surface area (Å²) in [7, 11) is 1.87. The third-order valence-electron chi connectivity index (χ3n) is 5.82. The molecule has 2 aromatic rings. The van der Waals surface area contributed by atoms with E-state index >= 15 is 0 Å². The molecule has 0 aromatic carbocycles. The predicted molar refractivity (Wildman–Crippen MR) is 156 cm³/mol. The summed E-state index contributed by atoms with van der Waals surface area (Å²) in [5, 5.41) is 7.48. The molecule has 2 aromatic heterocycles. The molecule has 8 heteroatoms. The Morgan fingerprint density at radius 1 is 1.30 bits per heavy atom. The molecule has 7 nitrogen and oxygen atoms in total. The molecule has 0 atom stereocenters. The maximum atomic E-state index is 13.2. The van der Waals surface area contributed by atoms with Crippen molar-refractivity contribution in [1.82, 2.24) is 24.8 Å². The van der Waals surface area contributed by atoms with Gasteiger partial charge >= 0.3 is 0 Å². The van der Waals surface area contributed by atoms with Crippen LogP contribution in [0.3, 0.4) is 0 Å². The quantitative estimate of drug-likeness (QED) is 0.380. The Bertz CT molecular complexity index is 1260. The van der Waals surface area contributed by atoms with Gasteiger partial charge in [0.15, 0.2) is 5.78 Å². The second-order valence-corrected chi connectivity index (χ2v) is 9.58. The predicted octanol–water partition coefficient (Wildman–Crippen LogP) is 5.68. The molecule has 1 aliphatic carbocycles. The van der Waals surface area contributed by atoms with Crippen LogP contribution in [0.15, 0.2) is 83.1 Å². The largest absolute Gasteiger partial charge is 0.386 e. The van der Waals surface area contributed by atoms with E-state index in [0.29, 0.717) is 11.3 Å². The number of Topliss-reactive ketones (excluding diaryl/α,β-unsaturated/α-hetero) is 1. The average Bonchev–Trinajstić information content (AvgIpc) is 3.18. The fourth-order valence-corrected chi connectivity index (χ4v) is 4.06. The van der Waals surface area contributed by atoms with Crippen LogP contribution in [0.5, 0.6) is 0 Å².